The molecule has 0 radical (unpaired) electrons. The summed E-state index contributed by atoms with van der Waals surface area (Å²) in [6, 6.07) is 12.7. The summed E-state index contributed by atoms with van der Waals surface area (Å²) in [7, 11) is 0. The fourth-order valence-corrected chi connectivity index (χ4v) is 4.63. The summed E-state index contributed by atoms with van der Waals surface area (Å²) in [6.45, 7) is 9.31. The summed E-state index contributed by atoms with van der Waals surface area (Å²) in [5.74, 6) is 1.24. The normalized spacial score (nSPS) is 17.5. The molecule has 0 aromatic heterocycles. The maximum absolute atomic E-state index is 13.7. The van der Waals surface area contributed by atoms with Crippen LogP contribution in [0.3, 0.4) is 0 Å². The molecule has 182 valence electrons. The van der Waals surface area contributed by atoms with Crippen molar-refractivity contribution in [2.45, 2.75) is 51.0 Å². The fourth-order valence-electron chi connectivity index (χ4n) is 4.63. The highest BCUT2D eigenvalue weighted by molar-refractivity contribution is 5.70. The number of halogens is 1. The molecule has 4 rings (SSSR count). The molecule has 1 saturated heterocycles. The van der Waals surface area contributed by atoms with Gasteiger partial charge in [0.05, 0.1) is 13.0 Å². The largest absolute Gasteiger partial charge is 0.492 e. The van der Waals surface area contributed by atoms with E-state index in [2.05, 4.69) is 11.0 Å². The molecule has 1 fully saturated rings. The first-order valence-electron chi connectivity index (χ1n) is 12.0. The van der Waals surface area contributed by atoms with Crippen molar-refractivity contribution < 1.29 is 23.4 Å². The lowest BCUT2D eigenvalue weighted by molar-refractivity contribution is -0.155. The summed E-state index contributed by atoms with van der Waals surface area (Å²) in [6.07, 6.45) is 5.95. The Morgan fingerprint density at radius 2 is 1.94 bits per heavy atom. The molecule has 5 nitrogen and oxygen atoms in total. The minimum atomic E-state index is -0.438. The molecule has 0 bridgehead atoms. The van der Waals surface area contributed by atoms with Gasteiger partial charge in [0, 0.05) is 29.2 Å². The highest BCUT2D eigenvalue weighted by atomic mass is 19.1. The zero-order valence-corrected chi connectivity index (χ0v) is 20.3. The number of esters is 1. The van der Waals surface area contributed by atoms with E-state index in [1.165, 1.54) is 11.6 Å². The average Bonchev–Trinajstić information content (AvgIpc) is 3.14. The molecular weight excluding hydrogens is 433 g/mol. The molecule has 2 aromatic carbocycles. The first-order chi connectivity index (χ1) is 16.2. The molecule has 2 aromatic rings. The van der Waals surface area contributed by atoms with E-state index in [-0.39, 0.29) is 17.2 Å². The Morgan fingerprint density at radius 1 is 1.18 bits per heavy atom. The van der Waals surface area contributed by atoms with Crippen LogP contribution >= 0.6 is 0 Å². The van der Waals surface area contributed by atoms with Gasteiger partial charge in [0.1, 0.15) is 29.5 Å². The third kappa shape index (κ3) is 5.98. The Hall–Kier alpha value is -2.86. The second kappa shape index (κ2) is 10.2. The van der Waals surface area contributed by atoms with Crippen molar-refractivity contribution in [2.75, 3.05) is 32.8 Å². The van der Waals surface area contributed by atoms with Gasteiger partial charge in [-0.05, 0) is 64.9 Å². The summed E-state index contributed by atoms with van der Waals surface area (Å²) in [4.78, 5) is 14.4. The average molecular weight is 468 g/mol. The van der Waals surface area contributed by atoms with Crippen molar-refractivity contribution in [1.82, 2.24) is 4.90 Å². The molecule has 0 unspecified atom stereocenters. The van der Waals surface area contributed by atoms with Gasteiger partial charge in [-0.15, -0.1) is 0 Å². The Kier molecular flexibility index (Phi) is 7.27. The summed E-state index contributed by atoms with van der Waals surface area (Å²) in [5, 5.41) is 0. The van der Waals surface area contributed by atoms with E-state index in [4.69, 9.17) is 14.2 Å². The number of rotatable bonds is 7. The Bertz CT molecular complexity index is 1030. The molecular formula is C28H34FNO4. The van der Waals surface area contributed by atoms with Crippen LogP contribution in [-0.4, -0.2) is 49.3 Å². The van der Waals surface area contributed by atoms with E-state index in [0.717, 1.165) is 44.0 Å². The monoisotopic (exact) mass is 467 g/mol. The van der Waals surface area contributed by atoms with Gasteiger partial charge in [0.25, 0.3) is 0 Å². The number of fused-ring (bicyclic) bond motifs is 2. The van der Waals surface area contributed by atoms with Gasteiger partial charge >= 0.3 is 5.97 Å². The predicted molar refractivity (Wildman–Crippen MR) is 131 cm³/mol. The van der Waals surface area contributed by atoms with Crippen molar-refractivity contribution in [3.63, 3.8) is 0 Å². The van der Waals surface area contributed by atoms with Crippen molar-refractivity contribution >= 4 is 12.0 Å². The first kappa shape index (κ1) is 24.3. The fraction of sp³-hybridized carbons (Fsp3) is 0.464. The molecule has 2 aliphatic rings. The first-order valence-corrected chi connectivity index (χ1v) is 12.0. The Balaban J connectivity index is 1.28. The van der Waals surface area contributed by atoms with Crippen LogP contribution in [0.25, 0.3) is 6.08 Å². The number of piperidine rings is 1. The molecule has 1 spiro atoms. The molecule has 0 N–H and O–H groups in total. The highest BCUT2D eigenvalue weighted by Crippen LogP contribution is 2.46. The summed E-state index contributed by atoms with van der Waals surface area (Å²) in [5.41, 5.74) is 1.38. The number of hydrogen-bond donors (Lipinski definition) is 0. The van der Waals surface area contributed by atoms with Crippen molar-refractivity contribution in [1.29, 1.82) is 0 Å². The number of likely N-dealkylation sites (tertiary alicyclic amines) is 1. The Labute approximate surface area is 201 Å². The van der Waals surface area contributed by atoms with Crippen LogP contribution in [0, 0.1) is 5.82 Å². The quantitative estimate of drug-likeness (QED) is 0.512. The molecule has 6 heteroatoms. The van der Waals surface area contributed by atoms with E-state index >= 15 is 0 Å². The van der Waals surface area contributed by atoms with Gasteiger partial charge in [-0.25, -0.2) is 4.39 Å². The zero-order chi connectivity index (χ0) is 24.2. The molecule has 2 heterocycles. The van der Waals surface area contributed by atoms with Gasteiger partial charge in [0.2, 0.25) is 0 Å². The van der Waals surface area contributed by atoms with Gasteiger partial charge in [-0.3, -0.25) is 4.79 Å². The maximum atomic E-state index is 13.7. The van der Waals surface area contributed by atoms with Crippen LogP contribution in [0.2, 0.25) is 0 Å². The number of benzene rings is 2. The van der Waals surface area contributed by atoms with E-state index in [1.807, 2.05) is 39.0 Å². The SMILES string of the molecule is CC(C)(C)OC(=O)CCN1CCC2(CC1)COc1cc(OC/C=C/c3ccccc3F)ccc12. The molecule has 34 heavy (non-hydrogen) atoms. The van der Waals surface area contributed by atoms with Crippen molar-refractivity contribution in [2.24, 2.45) is 0 Å². The zero-order valence-electron chi connectivity index (χ0n) is 20.3. The second-order valence-corrected chi connectivity index (χ2v) is 10.1. The number of carbonyl (C=O) groups is 1. The number of ether oxygens (including phenoxy) is 3. The third-order valence-electron chi connectivity index (χ3n) is 6.44. The molecule has 0 atom stereocenters. The maximum Gasteiger partial charge on any atom is 0.307 e. The number of hydrogen-bond acceptors (Lipinski definition) is 5. The molecule has 2 aliphatic heterocycles. The smallest absolute Gasteiger partial charge is 0.307 e. The van der Waals surface area contributed by atoms with Gasteiger partial charge in [-0.2, -0.15) is 0 Å². The van der Waals surface area contributed by atoms with Gasteiger partial charge in [-0.1, -0.05) is 30.3 Å². The predicted octanol–water partition coefficient (Wildman–Crippen LogP) is 5.38. The van der Waals surface area contributed by atoms with E-state index < -0.39 is 5.60 Å². The lowest BCUT2D eigenvalue weighted by Crippen LogP contribution is -2.44. The number of carbonyl (C=O) groups excluding carboxylic acids is 1. The van der Waals surface area contributed by atoms with Crippen LogP contribution in [0.1, 0.15) is 51.2 Å². The lowest BCUT2D eigenvalue weighted by atomic mass is 9.74. The summed E-state index contributed by atoms with van der Waals surface area (Å²) < 4.78 is 31.0. The highest BCUT2D eigenvalue weighted by Gasteiger charge is 2.43. The van der Waals surface area contributed by atoms with E-state index in [1.54, 1.807) is 24.3 Å². The van der Waals surface area contributed by atoms with Crippen LogP contribution < -0.4 is 9.47 Å². The standard InChI is InChI=1S/C28H34FNO4/c1-27(2,3)34-26(31)12-15-30-16-13-28(14-17-30)20-33-25-19-22(10-11-23(25)28)32-18-6-8-21-7-4-5-9-24(21)29/h4-11,19H,12-18,20H2,1-3H3/b8-6+. The van der Waals surface area contributed by atoms with Crippen LogP contribution in [0.5, 0.6) is 11.5 Å². The van der Waals surface area contributed by atoms with Crippen molar-refractivity contribution in [3.05, 3.63) is 65.5 Å². The Morgan fingerprint density at radius 3 is 2.68 bits per heavy atom. The van der Waals surface area contributed by atoms with Gasteiger partial charge in [0.15, 0.2) is 0 Å². The topological polar surface area (TPSA) is 48.0 Å². The van der Waals surface area contributed by atoms with Crippen LogP contribution in [0.15, 0.2) is 48.5 Å². The lowest BCUT2D eigenvalue weighted by Gasteiger charge is -2.38. The third-order valence-corrected chi connectivity index (χ3v) is 6.44. The number of nitrogens with zero attached hydrogens (tertiary/aromatic N) is 1. The molecule has 0 saturated carbocycles. The van der Waals surface area contributed by atoms with Crippen LogP contribution in [0.4, 0.5) is 4.39 Å². The van der Waals surface area contributed by atoms with E-state index in [9.17, 15) is 9.18 Å². The van der Waals surface area contributed by atoms with E-state index in [0.29, 0.717) is 25.2 Å². The molecule has 0 amide bonds. The molecule has 0 aliphatic carbocycles. The van der Waals surface area contributed by atoms with Crippen LogP contribution in [-0.2, 0) is 14.9 Å². The van der Waals surface area contributed by atoms with Gasteiger partial charge < -0.3 is 19.1 Å². The van der Waals surface area contributed by atoms with Crippen molar-refractivity contribution in [3.8, 4) is 11.5 Å². The second-order valence-electron chi connectivity index (χ2n) is 10.1. The summed E-state index contributed by atoms with van der Waals surface area (Å²) >= 11 is 0. The minimum Gasteiger partial charge on any atom is -0.492 e. The minimum absolute atomic E-state index is 0.0288.